The molecule has 27 heavy (non-hydrogen) atoms. The Morgan fingerprint density at radius 1 is 1.30 bits per heavy atom. The summed E-state index contributed by atoms with van der Waals surface area (Å²) in [7, 11) is 1.98. The molecule has 4 rings (SSSR count). The number of imidazole rings is 1. The first kappa shape index (κ1) is 17.7. The van der Waals surface area contributed by atoms with Gasteiger partial charge < -0.3 is 9.88 Å². The number of carbonyl (C=O) groups excluding carboxylic acids is 1. The van der Waals surface area contributed by atoms with Crippen LogP contribution in [0.1, 0.15) is 30.1 Å². The van der Waals surface area contributed by atoms with E-state index in [-0.39, 0.29) is 11.8 Å². The van der Waals surface area contributed by atoms with Crippen molar-refractivity contribution in [3.63, 3.8) is 0 Å². The summed E-state index contributed by atoms with van der Waals surface area (Å²) in [6.07, 6.45) is 5.69. The van der Waals surface area contributed by atoms with Crippen molar-refractivity contribution in [2.24, 2.45) is 0 Å². The maximum Gasteiger partial charge on any atom is 0.236 e. The molecule has 0 saturated carbocycles. The number of likely N-dealkylation sites (N-methyl/N-ethyl adjacent to an activating group) is 1. The second-order valence-electron chi connectivity index (χ2n) is 7.35. The molecule has 0 aliphatic carbocycles. The third-order valence-electron chi connectivity index (χ3n) is 5.15. The number of hydrogen-bond acceptors (Lipinski definition) is 4. The Morgan fingerprint density at radius 2 is 2.19 bits per heavy atom. The number of amides is 1. The van der Waals surface area contributed by atoms with E-state index >= 15 is 0 Å². The van der Waals surface area contributed by atoms with Gasteiger partial charge in [-0.15, -0.1) is 0 Å². The van der Waals surface area contributed by atoms with Crippen LogP contribution in [-0.4, -0.2) is 57.3 Å². The van der Waals surface area contributed by atoms with Gasteiger partial charge in [-0.3, -0.25) is 14.7 Å². The number of likely N-dealkylation sites (tertiary alicyclic amines) is 1. The number of piperidine rings is 1. The van der Waals surface area contributed by atoms with Gasteiger partial charge in [-0.2, -0.15) is 0 Å². The van der Waals surface area contributed by atoms with Gasteiger partial charge in [0.05, 0.1) is 17.6 Å². The van der Waals surface area contributed by atoms with Gasteiger partial charge in [0, 0.05) is 37.9 Å². The van der Waals surface area contributed by atoms with Crippen LogP contribution in [0.5, 0.6) is 0 Å². The number of H-pyrrole nitrogens is 1. The SMILES string of the molecule is CN(CC(=O)N1CCC[C@@H](c2nc3ccccc3[nH]2)C1)Cc1cccnc1. The van der Waals surface area contributed by atoms with E-state index in [1.54, 1.807) is 6.20 Å². The molecule has 0 spiro atoms. The number of carbonyl (C=O) groups is 1. The average molecular weight is 363 g/mol. The van der Waals surface area contributed by atoms with Crippen molar-refractivity contribution in [1.82, 2.24) is 24.8 Å². The summed E-state index contributed by atoms with van der Waals surface area (Å²) in [6.45, 7) is 2.71. The molecule has 6 nitrogen and oxygen atoms in total. The molecule has 1 atom stereocenters. The Labute approximate surface area is 159 Å². The highest BCUT2D eigenvalue weighted by atomic mass is 16.2. The first-order valence-electron chi connectivity index (χ1n) is 9.49. The largest absolute Gasteiger partial charge is 0.342 e. The zero-order valence-corrected chi connectivity index (χ0v) is 15.6. The molecule has 1 N–H and O–H groups in total. The van der Waals surface area contributed by atoms with Crippen molar-refractivity contribution in [3.05, 3.63) is 60.2 Å². The summed E-state index contributed by atoms with van der Waals surface area (Å²) in [4.78, 5) is 29.1. The molecule has 1 aromatic carbocycles. The number of para-hydroxylation sites is 2. The number of aromatic nitrogens is 3. The van der Waals surface area contributed by atoms with E-state index in [2.05, 4.69) is 9.97 Å². The standard InChI is InChI=1S/C21H25N5O/c1-25(13-16-6-4-10-22-12-16)15-20(27)26-11-5-7-17(14-26)21-23-18-8-2-3-9-19(18)24-21/h2-4,6,8-10,12,17H,5,7,11,13-15H2,1H3,(H,23,24)/t17-/m1/s1. The molecule has 140 valence electrons. The molecule has 1 amide bonds. The Kier molecular flexibility index (Phi) is 5.16. The molecule has 3 aromatic rings. The lowest BCUT2D eigenvalue weighted by Gasteiger charge is -2.33. The Hall–Kier alpha value is -2.73. The van der Waals surface area contributed by atoms with E-state index in [1.807, 2.05) is 59.4 Å². The van der Waals surface area contributed by atoms with Gasteiger partial charge in [0.2, 0.25) is 5.91 Å². The molecular formula is C21H25N5O. The van der Waals surface area contributed by atoms with Crippen LogP contribution in [-0.2, 0) is 11.3 Å². The predicted molar refractivity (Wildman–Crippen MR) is 105 cm³/mol. The smallest absolute Gasteiger partial charge is 0.236 e. The Morgan fingerprint density at radius 3 is 3.00 bits per heavy atom. The van der Waals surface area contributed by atoms with Gasteiger partial charge in [-0.1, -0.05) is 18.2 Å². The number of fused-ring (bicyclic) bond motifs is 1. The normalized spacial score (nSPS) is 17.6. The summed E-state index contributed by atoms with van der Waals surface area (Å²) in [6, 6.07) is 12.0. The van der Waals surface area contributed by atoms with Crippen LogP contribution < -0.4 is 0 Å². The molecule has 1 aliphatic rings. The van der Waals surface area contributed by atoms with Gasteiger partial charge in [0.15, 0.2) is 0 Å². The van der Waals surface area contributed by atoms with Crippen molar-refractivity contribution < 1.29 is 4.79 Å². The fourth-order valence-electron chi connectivity index (χ4n) is 3.78. The van der Waals surface area contributed by atoms with E-state index < -0.39 is 0 Å². The predicted octanol–water partition coefficient (Wildman–Crippen LogP) is 2.80. The summed E-state index contributed by atoms with van der Waals surface area (Å²) >= 11 is 0. The van der Waals surface area contributed by atoms with Gasteiger partial charge in [-0.25, -0.2) is 4.98 Å². The number of rotatable bonds is 5. The Bertz CT molecular complexity index is 874. The lowest BCUT2D eigenvalue weighted by Crippen LogP contribution is -2.43. The highest BCUT2D eigenvalue weighted by Gasteiger charge is 2.27. The van der Waals surface area contributed by atoms with Crippen LogP contribution in [0.3, 0.4) is 0 Å². The maximum atomic E-state index is 12.8. The van der Waals surface area contributed by atoms with E-state index in [4.69, 9.17) is 4.98 Å². The number of benzene rings is 1. The number of aromatic amines is 1. The van der Waals surface area contributed by atoms with Gasteiger partial charge >= 0.3 is 0 Å². The summed E-state index contributed by atoms with van der Waals surface area (Å²) in [5.41, 5.74) is 3.17. The number of nitrogens with one attached hydrogen (secondary N) is 1. The zero-order valence-electron chi connectivity index (χ0n) is 15.6. The van der Waals surface area contributed by atoms with Crippen LogP contribution in [0.4, 0.5) is 0 Å². The minimum atomic E-state index is 0.183. The lowest BCUT2D eigenvalue weighted by atomic mass is 9.97. The number of hydrogen-bond donors (Lipinski definition) is 1. The highest BCUT2D eigenvalue weighted by Crippen LogP contribution is 2.26. The Balaban J connectivity index is 1.37. The average Bonchev–Trinajstić information content (AvgIpc) is 3.13. The summed E-state index contributed by atoms with van der Waals surface area (Å²) in [5, 5.41) is 0. The van der Waals surface area contributed by atoms with E-state index in [9.17, 15) is 4.79 Å². The molecule has 0 radical (unpaired) electrons. The monoisotopic (exact) mass is 363 g/mol. The third kappa shape index (κ3) is 4.17. The highest BCUT2D eigenvalue weighted by molar-refractivity contribution is 5.78. The molecular weight excluding hydrogens is 338 g/mol. The van der Waals surface area contributed by atoms with E-state index in [0.717, 1.165) is 54.9 Å². The van der Waals surface area contributed by atoms with E-state index in [1.165, 1.54) is 0 Å². The summed E-state index contributed by atoms with van der Waals surface area (Å²) in [5.74, 6) is 1.46. The number of nitrogens with zero attached hydrogens (tertiary/aromatic N) is 4. The second kappa shape index (κ2) is 7.88. The maximum absolute atomic E-state index is 12.8. The molecule has 0 bridgehead atoms. The molecule has 1 fully saturated rings. The van der Waals surface area contributed by atoms with Crippen LogP contribution in [0.25, 0.3) is 11.0 Å². The molecule has 6 heteroatoms. The molecule has 2 aromatic heterocycles. The topological polar surface area (TPSA) is 65.1 Å². The van der Waals surface area contributed by atoms with Crippen molar-refractivity contribution in [2.45, 2.75) is 25.3 Å². The van der Waals surface area contributed by atoms with Crippen LogP contribution in [0.15, 0.2) is 48.8 Å². The summed E-state index contributed by atoms with van der Waals surface area (Å²) < 4.78 is 0. The van der Waals surface area contributed by atoms with Crippen molar-refractivity contribution in [2.75, 3.05) is 26.7 Å². The molecule has 0 unspecified atom stereocenters. The zero-order chi connectivity index (χ0) is 18.6. The first-order chi connectivity index (χ1) is 13.2. The fourth-order valence-corrected chi connectivity index (χ4v) is 3.78. The molecule has 1 aliphatic heterocycles. The van der Waals surface area contributed by atoms with Crippen LogP contribution in [0, 0.1) is 0 Å². The number of pyridine rings is 1. The van der Waals surface area contributed by atoms with Crippen LogP contribution in [0.2, 0.25) is 0 Å². The van der Waals surface area contributed by atoms with Crippen molar-refractivity contribution >= 4 is 16.9 Å². The van der Waals surface area contributed by atoms with Gasteiger partial charge in [0.25, 0.3) is 0 Å². The quantitative estimate of drug-likeness (QED) is 0.757. The van der Waals surface area contributed by atoms with E-state index in [0.29, 0.717) is 6.54 Å². The third-order valence-corrected chi connectivity index (χ3v) is 5.15. The van der Waals surface area contributed by atoms with Gasteiger partial charge in [0.1, 0.15) is 5.82 Å². The van der Waals surface area contributed by atoms with Crippen LogP contribution >= 0.6 is 0 Å². The van der Waals surface area contributed by atoms with Crippen molar-refractivity contribution in [1.29, 1.82) is 0 Å². The fraction of sp³-hybridized carbons (Fsp3) is 0.381. The van der Waals surface area contributed by atoms with Gasteiger partial charge in [-0.05, 0) is 43.7 Å². The minimum absolute atomic E-state index is 0.183. The lowest BCUT2D eigenvalue weighted by molar-refractivity contribution is -0.133. The second-order valence-corrected chi connectivity index (χ2v) is 7.35. The minimum Gasteiger partial charge on any atom is -0.342 e. The molecule has 3 heterocycles. The first-order valence-corrected chi connectivity index (χ1v) is 9.49. The van der Waals surface area contributed by atoms with Crippen molar-refractivity contribution in [3.8, 4) is 0 Å². The molecule has 1 saturated heterocycles.